The SMILES string of the molecule is COc1ccc([I+]C2=C([I+]c3ccccc3)C3C=CC2C3)cc1. The highest BCUT2D eigenvalue weighted by molar-refractivity contribution is 5.30. The van der Waals surface area contributed by atoms with Crippen molar-refractivity contribution in [3.05, 3.63) is 81.0 Å². The van der Waals surface area contributed by atoms with Crippen LogP contribution in [0.25, 0.3) is 0 Å². The molecule has 0 amide bonds. The molecular formula is C20H18I2O+2. The number of hydrogen-bond acceptors (Lipinski definition) is 1. The van der Waals surface area contributed by atoms with Crippen LogP contribution in [0.4, 0.5) is 0 Å². The van der Waals surface area contributed by atoms with Crippen LogP contribution in [-0.4, -0.2) is 7.11 Å². The fourth-order valence-corrected chi connectivity index (χ4v) is 10.2. The van der Waals surface area contributed by atoms with Crippen LogP contribution >= 0.6 is 0 Å². The summed E-state index contributed by atoms with van der Waals surface area (Å²) < 4.78 is 12.0. The van der Waals surface area contributed by atoms with Crippen LogP contribution < -0.4 is 47.1 Å². The molecular weight excluding hydrogens is 510 g/mol. The van der Waals surface area contributed by atoms with E-state index in [0.29, 0.717) is 0 Å². The van der Waals surface area contributed by atoms with Gasteiger partial charge in [-0.3, -0.25) is 0 Å². The Labute approximate surface area is 158 Å². The van der Waals surface area contributed by atoms with Crippen molar-refractivity contribution in [3.63, 3.8) is 0 Å². The Hall–Kier alpha value is -0.820. The minimum absolute atomic E-state index is 0.00989. The average Bonchev–Trinajstić information content (AvgIpc) is 3.19. The van der Waals surface area contributed by atoms with E-state index in [1.54, 1.807) is 14.3 Å². The molecule has 23 heavy (non-hydrogen) atoms. The Bertz CT molecular complexity index is 747. The lowest BCUT2D eigenvalue weighted by molar-refractivity contribution is -0.622. The molecule has 2 aliphatic carbocycles. The van der Waals surface area contributed by atoms with Crippen molar-refractivity contribution in [1.82, 2.24) is 0 Å². The minimum atomic E-state index is -0.0492. The molecule has 2 unspecified atom stereocenters. The molecule has 2 aromatic rings. The third kappa shape index (κ3) is 3.36. The number of hydrogen-bond donors (Lipinski definition) is 0. The standard InChI is InChI=1S/C20H18I2O/c1-23-18-11-9-17(10-12-18)22-20-15-8-7-14(13-15)19(20)21-16-5-3-2-4-6-16/h2-12,14-15H,13H2,1H3/q+2. The molecule has 0 radical (unpaired) electrons. The van der Waals surface area contributed by atoms with E-state index in [1.165, 1.54) is 9.99 Å². The van der Waals surface area contributed by atoms with E-state index >= 15 is 0 Å². The molecule has 2 bridgehead atoms. The second-order valence-corrected chi connectivity index (χ2v) is 11.6. The molecule has 0 spiro atoms. The summed E-state index contributed by atoms with van der Waals surface area (Å²) in [5.41, 5.74) is 0. The van der Waals surface area contributed by atoms with E-state index in [1.807, 2.05) is 3.58 Å². The molecule has 0 fully saturated rings. The van der Waals surface area contributed by atoms with Gasteiger partial charge < -0.3 is 4.74 Å². The number of halogens is 2. The Balaban J connectivity index is 1.60. The van der Waals surface area contributed by atoms with Crippen LogP contribution in [0, 0.1) is 19.0 Å². The van der Waals surface area contributed by atoms with Gasteiger partial charge in [-0.05, 0) is 42.8 Å². The van der Waals surface area contributed by atoms with E-state index in [2.05, 4.69) is 66.7 Å². The van der Waals surface area contributed by atoms with Crippen LogP contribution in [0.15, 0.2) is 73.9 Å². The maximum atomic E-state index is 5.28. The highest BCUT2D eigenvalue weighted by atomic mass is 127. The van der Waals surface area contributed by atoms with E-state index in [4.69, 9.17) is 4.74 Å². The minimum Gasteiger partial charge on any atom is -0.497 e. The molecule has 116 valence electrons. The van der Waals surface area contributed by atoms with E-state index in [0.717, 1.165) is 17.6 Å². The molecule has 4 rings (SSSR count). The molecule has 0 saturated heterocycles. The molecule has 0 saturated carbocycles. The molecule has 2 atom stereocenters. The summed E-state index contributed by atoms with van der Waals surface area (Å²) in [6, 6.07) is 19.8. The molecule has 3 heteroatoms. The van der Waals surface area contributed by atoms with Gasteiger partial charge >= 0.3 is 42.4 Å². The second kappa shape index (κ2) is 6.97. The summed E-state index contributed by atoms with van der Waals surface area (Å²) in [5, 5.41) is 0. The van der Waals surface area contributed by atoms with Crippen molar-refractivity contribution in [2.24, 2.45) is 11.8 Å². The lowest BCUT2D eigenvalue weighted by atomic mass is 10.2. The number of methoxy groups -OCH3 is 1. The smallest absolute Gasteiger partial charge is 0.358 e. The van der Waals surface area contributed by atoms with Crippen LogP contribution in [-0.2, 0) is 0 Å². The van der Waals surface area contributed by atoms with Gasteiger partial charge in [-0.25, -0.2) is 0 Å². The number of allylic oxidation sites excluding steroid dienone is 4. The first-order valence-corrected chi connectivity index (χ1v) is 12.1. The van der Waals surface area contributed by atoms with Crippen molar-refractivity contribution in [2.45, 2.75) is 6.42 Å². The second-order valence-electron chi connectivity index (χ2n) is 5.67. The monoisotopic (exact) mass is 528 g/mol. The maximum absolute atomic E-state index is 5.28. The lowest BCUT2D eigenvalue weighted by Gasteiger charge is -1.99. The van der Waals surface area contributed by atoms with Crippen LogP contribution in [0.1, 0.15) is 6.42 Å². The molecule has 1 nitrogen and oxygen atoms in total. The molecule has 2 aromatic carbocycles. The molecule has 0 heterocycles. The number of ether oxygens (including phenoxy) is 1. The van der Waals surface area contributed by atoms with E-state index < -0.39 is 0 Å². The van der Waals surface area contributed by atoms with Gasteiger partial charge in [0.1, 0.15) is 5.75 Å². The first kappa shape index (κ1) is 15.7. The molecule has 0 N–H and O–H groups in total. The third-order valence-corrected chi connectivity index (χ3v) is 11.8. The van der Waals surface area contributed by atoms with Crippen LogP contribution in [0.5, 0.6) is 5.75 Å². The normalized spacial score (nSPS) is 22.0. The van der Waals surface area contributed by atoms with Gasteiger partial charge in [-0.15, -0.1) is 0 Å². The van der Waals surface area contributed by atoms with Gasteiger partial charge in [0.2, 0.25) is 7.16 Å². The van der Waals surface area contributed by atoms with Gasteiger partial charge in [0.25, 0.3) is 0 Å². The van der Waals surface area contributed by atoms with Gasteiger partial charge in [-0.1, -0.05) is 30.4 Å². The Morgan fingerprint density at radius 2 is 1.35 bits per heavy atom. The predicted octanol–water partition coefficient (Wildman–Crippen LogP) is -1.67. The highest BCUT2D eigenvalue weighted by Crippen LogP contribution is 2.36. The van der Waals surface area contributed by atoms with Crippen molar-refractivity contribution in [1.29, 1.82) is 0 Å². The quantitative estimate of drug-likeness (QED) is 0.334. The number of benzene rings is 2. The van der Waals surface area contributed by atoms with Crippen molar-refractivity contribution >= 4 is 0 Å². The van der Waals surface area contributed by atoms with Gasteiger partial charge in [0.05, 0.1) is 18.9 Å². The van der Waals surface area contributed by atoms with Crippen LogP contribution in [0.3, 0.4) is 0 Å². The fraction of sp³-hybridized carbons (Fsp3) is 0.200. The summed E-state index contributed by atoms with van der Waals surface area (Å²) >= 11 is -0.0591. The Morgan fingerprint density at radius 1 is 0.783 bits per heavy atom. The lowest BCUT2D eigenvalue weighted by Crippen LogP contribution is -3.66. The summed E-state index contributed by atoms with van der Waals surface area (Å²) in [6.07, 6.45) is 6.26. The summed E-state index contributed by atoms with van der Waals surface area (Å²) in [7, 11) is 1.73. The third-order valence-electron chi connectivity index (χ3n) is 4.17. The fourth-order valence-electron chi connectivity index (χ4n) is 3.01. The van der Waals surface area contributed by atoms with E-state index in [-0.39, 0.29) is 42.4 Å². The predicted molar refractivity (Wildman–Crippen MR) is 84.6 cm³/mol. The van der Waals surface area contributed by atoms with Crippen molar-refractivity contribution in [2.75, 3.05) is 7.11 Å². The van der Waals surface area contributed by atoms with Gasteiger partial charge in [0.15, 0.2) is 7.14 Å². The van der Waals surface area contributed by atoms with Gasteiger partial charge in [0, 0.05) is 0 Å². The zero-order valence-electron chi connectivity index (χ0n) is 12.9. The maximum Gasteiger partial charge on any atom is 0.358 e. The highest BCUT2D eigenvalue weighted by Gasteiger charge is 2.50. The number of rotatable bonds is 5. The zero-order chi connectivity index (χ0) is 15.6. The first-order chi connectivity index (χ1) is 11.3. The summed E-state index contributed by atoms with van der Waals surface area (Å²) in [6.45, 7) is 0. The molecule has 2 aliphatic rings. The summed E-state index contributed by atoms with van der Waals surface area (Å²) in [4.78, 5) is 0. The largest absolute Gasteiger partial charge is 0.497 e. The molecule has 0 aromatic heterocycles. The summed E-state index contributed by atoms with van der Waals surface area (Å²) in [5.74, 6) is 2.42. The van der Waals surface area contributed by atoms with Crippen LogP contribution in [0.2, 0.25) is 0 Å². The average molecular weight is 528 g/mol. The number of fused-ring (bicyclic) bond motifs is 2. The molecule has 0 aliphatic heterocycles. The topological polar surface area (TPSA) is 9.23 Å². The van der Waals surface area contributed by atoms with Crippen molar-refractivity contribution < 1.29 is 47.1 Å². The first-order valence-electron chi connectivity index (χ1n) is 7.74. The Kier molecular flexibility index (Phi) is 4.76. The van der Waals surface area contributed by atoms with Crippen molar-refractivity contribution in [3.8, 4) is 5.75 Å². The Morgan fingerprint density at radius 3 is 1.91 bits per heavy atom. The van der Waals surface area contributed by atoms with E-state index in [9.17, 15) is 0 Å². The zero-order valence-corrected chi connectivity index (χ0v) is 17.2. The van der Waals surface area contributed by atoms with Gasteiger partial charge in [-0.2, -0.15) is 0 Å².